The monoisotopic (exact) mass is 346 g/mol. The molecular formula is C24H26O2. The number of ether oxygens (including phenoxy) is 2. The molecule has 134 valence electrons. The van der Waals surface area contributed by atoms with E-state index in [-0.39, 0.29) is 5.92 Å². The molecule has 3 aromatic carbocycles. The van der Waals surface area contributed by atoms with Gasteiger partial charge in [0, 0.05) is 12.8 Å². The van der Waals surface area contributed by atoms with Crippen molar-refractivity contribution in [1.29, 1.82) is 0 Å². The van der Waals surface area contributed by atoms with E-state index in [1.165, 1.54) is 16.3 Å². The van der Waals surface area contributed by atoms with Crippen molar-refractivity contribution in [3.05, 3.63) is 84.4 Å². The van der Waals surface area contributed by atoms with Crippen LogP contribution in [0.2, 0.25) is 0 Å². The lowest BCUT2D eigenvalue weighted by atomic mass is 10.0. The van der Waals surface area contributed by atoms with E-state index in [4.69, 9.17) is 9.47 Å². The lowest BCUT2D eigenvalue weighted by Gasteiger charge is -2.34. The zero-order valence-corrected chi connectivity index (χ0v) is 15.7. The molecule has 0 spiro atoms. The van der Waals surface area contributed by atoms with Gasteiger partial charge in [0.25, 0.3) is 0 Å². The van der Waals surface area contributed by atoms with Gasteiger partial charge in [0.2, 0.25) is 5.79 Å². The fourth-order valence-corrected chi connectivity index (χ4v) is 2.86. The van der Waals surface area contributed by atoms with Gasteiger partial charge in [-0.15, -0.1) is 0 Å². The minimum atomic E-state index is -0.716. The summed E-state index contributed by atoms with van der Waals surface area (Å²) in [6.07, 6.45) is 1.82. The first kappa shape index (κ1) is 18.2. The SMILES string of the molecule is C=Cc1ccc(OC(C)(OCc2cccc3ccccc23)C(C)C)cc1. The summed E-state index contributed by atoms with van der Waals surface area (Å²) in [4.78, 5) is 0. The zero-order chi connectivity index (χ0) is 18.6. The molecular weight excluding hydrogens is 320 g/mol. The maximum Gasteiger partial charge on any atom is 0.210 e. The van der Waals surface area contributed by atoms with Gasteiger partial charge in [-0.25, -0.2) is 0 Å². The molecule has 2 nitrogen and oxygen atoms in total. The molecule has 0 amide bonds. The Kier molecular flexibility index (Phi) is 5.43. The molecule has 1 atom stereocenters. The first-order valence-electron chi connectivity index (χ1n) is 9.04. The van der Waals surface area contributed by atoms with Crippen LogP contribution in [0.25, 0.3) is 16.8 Å². The Morgan fingerprint density at radius 3 is 2.35 bits per heavy atom. The van der Waals surface area contributed by atoms with Crippen LogP contribution in [0.3, 0.4) is 0 Å². The van der Waals surface area contributed by atoms with E-state index in [0.29, 0.717) is 6.61 Å². The predicted molar refractivity (Wildman–Crippen MR) is 109 cm³/mol. The van der Waals surface area contributed by atoms with E-state index in [9.17, 15) is 0 Å². The normalized spacial score (nSPS) is 13.5. The molecule has 0 radical (unpaired) electrons. The molecule has 0 saturated carbocycles. The minimum absolute atomic E-state index is 0.191. The van der Waals surface area contributed by atoms with Crippen molar-refractivity contribution in [2.24, 2.45) is 5.92 Å². The molecule has 0 aliphatic heterocycles. The van der Waals surface area contributed by atoms with Gasteiger partial charge in [0.1, 0.15) is 5.75 Å². The summed E-state index contributed by atoms with van der Waals surface area (Å²) in [5.74, 6) is 0.272. The first-order valence-corrected chi connectivity index (χ1v) is 9.04. The lowest BCUT2D eigenvalue weighted by Crippen LogP contribution is -2.41. The van der Waals surface area contributed by atoms with Crippen LogP contribution in [0.15, 0.2) is 73.3 Å². The van der Waals surface area contributed by atoms with Crippen LogP contribution in [0.5, 0.6) is 5.75 Å². The summed E-state index contributed by atoms with van der Waals surface area (Å²) in [6.45, 7) is 10.5. The summed E-state index contributed by atoms with van der Waals surface area (Å²) in [5, 5.41) is 2.44. The van der Waals surface area contributed by atoms with Crippen molar-refractivity contribution in [2.75, 3.05) is 0 Å². The second kappa shape index (κ2) is 7.76. The number of hydrogen-bond donors (Lipinski definition) is 0. The summed E-state index contributed by atoms with van der Waals surface area (Å²) < 4.78 is 12.5. The molecule has 3 aromatic rings. The third-order valence-corrected chi connectivity index (χ3v) is 4.88. The molecule has 0 N–H and O–H groups in total. The second-order valence-electron chi connectivity index (χ2n) is 6.97. The highest BCUT2D eigenvalue weighted by atomic mass is 16.7. The molecule has 0 aliphatic rings. The molecule has 0 heterocycles. The van der Waals surface area contributed by atoms with Gasteiger partial charge in [-0.05, 0) is 34.0 Å². The van der Waals surface area contributed by atoms with Crippen LogP contribution in [0.1, 0.15) is 31.9 Å². The fourth-order valence-electron chi connectivity index (χ4n) is 2.86. The Morgan fingerprint density at radius 2 is 1.65 bits per heavy atom. The standard InChI is InChI=1S/C24H26O2/c1-5-19-13-15-22(16-14-19)26-24(4,18(2)3)25-17-21-11-8-10-20-9-6-7-12-23(20)21/h5-16,18H,1,17H2,2-4H3. The van der Waals surface area contributed by atoms with Crippen LogP contribution in [0, 0.1) is 5.92 Å². The van der Waals surface area contributed by atoms with Gasteiger partial charge >= 0.3 is 0 Å². The van der Waals surface area contributed by atoms with Crippen molar-refractivity contribution < 1.29 is 9.47 Å². The molecule has 2 heteroatoms. The van der Waals surface area contributed by atoms with E-state index in [1.807, 2.05) is 37.3 Å². The number of hydrogen-bond acceptors (Lipinski definition) is 2. The molecule has 3 rings (SSSR count). The number of benzene rings is 3. The maximum atomic E-state index is 6.30. The van der Waals surface area contributed by atoms with E-state index in [2.05, 4.69) is 62.9 Å². The third kappa shape index (κ3) is 3.97. The van der Waals surface area contributed by atoms with E-state index in [1.54, 1.807) is 0 Å². The molecule has 26 heavy (non-hydrogen) atoms. The summed E-state index contributed by atoms with van der Waals surface area (Å²) >= 11 is 0. The van der Waals surface area contributed by atoms with Gasteiger partial charge in [0.05, 0.1) is 6.61 Å². The van der Waals surface area contributed by atoms with Crippen molar-refractivity contribution >= 4 is 16.8 Å². The van der Waals surface area contributed by atoms with Crippen molar-refractivity contribution in [3.63, 3.8) is 0 Å². The van der Waals surface area contributed by atoms with Crippen molar-refractivity contribution in [2.45, 2.75) is 33.2 Å². The second-order valence-corrected chi connectivity index (χ2v) is 6.97. The number of fused-ring (bicyclic) bond motifs is 1. The lowest BCUT2D eigenvalue weighted by molar-refractivity contribution is -0.205. The Hall–Kier alpha value is -2.58. The van der Waals surface area contributed by atoms with Crippen LogP contribution < -0.4 is 4.74 Å². The molecule has 0 aliphatic carbocycles. The molecule has 1 unspecified atom stereocenters. The van der Waals surface area contributed by atoms with Gasteiger partial charge in [-0.2, -0.15) is 0 Å². The Labute approximate surface area is 156 Å². The maximum absolute atomic E-state index is 6.30. The summed E-state index contributed by atoms with van der Waals surface area (Å²) in [6, 6.07) is 22.6. The van der Waals surface area contributed by atoms with Gasteiger partial charge in [0.15, 0.2) is 0 Å². The predicted octanol–water partition coefficient (Wildman–Crippen LogP) is 6.45. The summed E-state index contributed by atoms with van der Waals surface area (Å²) in [5.41, 5.74) is 2.24. The van der Waals surface area contributed by atoms with E-state index in [0.717, 1.165) is 11.3 Å². The highest BCUT2D eigenvalue weighted by Gasteiger charge is 2.32. The quantitative estimate of drug-likeness (QED) is 0.458. The Bertz CT molecular complexity index is 875. The summed E-state index contributed by atoms with van der Waals surface area (Å²) in [7, 11) is 0. The average Bonchev–Trinajstić information content (AvgIpc) is 2.67. The largest absolute Gasteiger partial charge is 0.462 e. The number of rotatable bonds is 7. The highest BCUT2D eigenvalue weighted by molar-refractivity contribution is 5.85. The highest BCUT2D eigenvalue weighted by Crippen LogP contribution is 2.29. The van der Waals surface area contributed by atoms with Crippen LogP contribution >= 0.6 is 0 Å². The van der Waals surface area contributed by atoms with Crippen molar-refractivity contribution in [3.8, 4) is 5.75 Å². The van der Waals surface area contributed by atoms with E-state index >= 15 is 0 Å². The van der Waals surface area contributed by atoms with Crippen molar-refractivity contribution in [1.82, 2.24) is 0 Å². The molecule has 0 fully saturated rings. The smallest absolute Gasteiger partial charge is 0.210 e. The average molecular weight is 346 g/mol. The molecule has 0 saturated heterocycles. The van der Waals surface area contributed by atoms with Crippen LogP contribution in [-0.4, -0.2) is 5.79 Å². The fraction of sp³-hybridized carbons (Fsp3) is 0.250. The topological polar surface area (TPSA) is 18.5 Å². The first-order chi connectivity index (χ1) is 12.5. The third-order valence-electron chi connectivity index (χ3n) is 4.88. The van der Waals surface area contributed by atoms with Gasteiger partial charge in [-0.3, -0.25) is 0 Å². The Morgan fingerprint density at radius 1 is 0.962 bits per heavy atom. The van der Waals surface area contributed by atoms with Gasteiger partial charge in [-0.1, -0.05) is 81.1 Å². The minimum Gasteiger partial charge on any atom is -0.462 e. The Balaban J connectivity index is 1.79. The molecule has 0 bridgehead atoms. The van der Waals surface area contributed by atoms with Crippen LogP contribution in [-0.2, 0) is 11.3 Å². The van der Waals surface area contributed by atoms with Gasteiger partial charge < -0.3 is 9.47 Å². The van der Waals surface area contributed by atoms with Crippen LogP contribution in [0.4, 0.5) is 0 Å². The van der Waals surface area contributed by atoms with E-state index < -0.39 is 5.79 Å². The molecule has 0 aromatic heterocycles. The zero-order valence-electron chi connectivity index (χ0n) is 15.7.